The lowest BCUT2D eigenvalue weighted by molar-refractivity contribution is -0.277. The van der Waals surface area contributed by atoms with Gasteiger partial charge in [0.2, 0.25) is 53.2 Å². The Labute approximate surface area is 791 Å². The van der Waals surface area contributed by atoms with Gasteiger partial charge < -0.3 is 128 Å². The van der Waals surface area contributed by atoms with Gasteiger partial charge in [-0.2, -0.15) is 0 Å². The van der Waals surface area contributed by atoms with Crippen molar-refractivity contribution in [2.45, 2.75) is 343 Å². The second-order valence-corrected chi connectivity index (χ2v) is 32.6. The fourth-order valence-corrected chi connectivity index (χ4v) is 14.5. The molecule has 3 aliphatic rings. The number of Topliss-reactive ketones (excluding diaryl/α,β-unsaturated/α-hetero) is 1. The summed E-state index contributed by atoms with van der Waals surface area (Å²) in [6.07, 6.45) is -12.7. The monoisotopic (exact) mass is 1940 g/mol. The molecule has 0 aromatic rings. The molecule has 3 aliphatic heterocycles. The average Bonchev–Trinajstić information content (AvgIpc) is 0.794. The summed E-state index contributed by atoms with van der Waals surface area (Å²) in [5.74, 6) is -11.8. The molecule has 3 saturated heterocycles. The number of ketones is 1. The SMILES string of the molecule is CCC(=O)CCC(=O)OC(CC)C(=O)N(CCCCN(CCCNC(=O)CCCNC(=O)CCCCOC1OC(COC(C)=O)C(OC(C)=O)C(OC(C)=O)C1NC(C)=O)C(=O)CCCNC(=O)CCCCOC1OC(COC(C)=O)C(OC(C)=O)C(OC(C)=O)C1NC(C)=O)CCCNC(=O)CCCNC(=O)CCCCOC1OC(COC(C)=O)C(OC(C)=O)C(OC(C)=O)C1NC(C)=O. The highest BCUT2D eigenvalue weighted by Crippen LogP contribution is 2.32. The first-order valence-corrected chi connectivity index (χ1v) is 46.2. The zero-order valence-electron chi connectivity index (χ0n) is 80.6. The molecule has 47 nitrogen and oxygen atoms in total. The third kappa shape index (κ3) is 50.1. The van der Waals surface area contributed by atoms with E-state index in [0.29, 0.717) is 44.9 Å². The number of carbonyl (C=O) groups excluding carboxylic acids is 21. The molecule has 0 aromatic heterocycles. The lowest BCUT2D eigenvalue weighted by Gasteiger charge is -2.44. The minimum Gasteiger partial charge on any atom is -0.463 e. The fraction of sp³-hybridized carbons (Fsp3) is 0.764. The van der Waals surface area contributed by atoms with Crippen LogP contribution >= 0.6 is 0 Å². The van der Waals surface area contributed by atoms with Crippen LogP contribution in [0, 0.1) is 0 Å². The van der Waals surface area contributed by atoms with Crippen LogP contribution in [0.3, 0.4) is 0 Å². The van der Waals surface area contributed by atoms with Gasteiger partial charge in [-0.1, -0.05) is 13.8 Å². The van der Waals surface area contributed by atoms with Gasteiger partial charge in [0.25, 0.3) is 5.91 Å². The van der Waals surface area contributed by atoms with Crippen LogP contribution < -0.4 is 42.5 Å². The molecule has 0 aliphatic carbocycles. The van der Waals surface area contributed by atoms with Gasteiger partial charge in [-0.05, 0) is 89.9 Å². The number of carbonyl (C=O) groups is 21. The Morgan fingerprint density at radius 3 is 0.875 bits per heavy atom. The Hall–Kier alpha value is -11.2. The average molecular weight is 1940 g/mol. The second kappa shape index (κ2) is 66.3. The van der Waals surface area contributed by atoms with Crippen LogP contribution in [-0.4, -0.2) is 331 Å². The van der Waals surface area contributed by atoms with Crippen LogP contribution in [0.25, 0.3) is 0 Å². The highest BCUT2D eigenvalue weighted by atomic mass is 16.7. The Morgan fingerprint density at radius 1 is 0.301 bits per heavy atom. The summed E-state index contributed by atoms with van der Waals surface area (Å²) in [7, 11) is 0. The summed E-state index contributed by atoms with van der Waals surface area (Å²) in [5, 5.41) is 21.9. The zero-order chi connectivity index (χ0) is 101. The molecule has 8 N–H and O–H groups in total. The van der Waals surface area contributed by atoms with Crippen LogP contribution in [0.4, 0.5) is 0 Å². The highest BCUT2D eigenvalue weighted by Gasteiger charge is 2.55. The van der Waals surface area contributed by atoms with Crippen LogP contribution in [0.5, 0.6) is 0 Å². The number of hydrogen-bond donors (Lipinski definition) is 8. The predicted octanol–water partition coefficient (Wildman–Crippen LogP) is 0.736. The summed E-state index contributed by atoms with van der Waals surface area (Å²) >= 11 is 0. The third-order valence-electron chi connectivity index (χ3n) is 20.7. The summed E-state index contributed by atoms with van der Waals surface area (Å²) in [6, 6.07) is -3.55. The van der Waals surface area contributed by atoms with Gasteiger partial charge in [0.05, 0.1) is 6.42 Å². The molecule has 16 unspecified atom stereocenters. The van der Waals surface area contributed by atoms with Gasteiger partial charge >= 0.3 is 59.7 Å². The van der Waals surface area contributed by atoms with E-state index in [1.54, 1.807) is 18.7 Å². The zero-order valence-corrected chi connectivity index (χ0v) is 80.6. The number of unbranched alkanes of at least 4 members (excludes halogenated alkanes) is 4. The van der Waals surface area contributed by atoms with Crippen LogP contribution in [0.15, 0.2) is 0 Å². The minimum atomic E-state index is -1.34. The van der Waals surface area contributed by atoms with Crippen LogP contribution in [0.1, 0.15) is 245 Å². The van der Waals surface area contributed by atoms with Crippen molar-refractivity contribution >= 4 is 125 Å². The van der Waals surface area contributed by atoms with Crippen LogP contribution in [0.2, 0.25) is 0 Å². The molecule has 16 atom stereocenters. The largest absolute Gasteiger partial charge is 0.463 e. The summed E-state index contributed by atoms with van der Waals surface area (Å²) in [5.41, 5.74) is 0. The van der Waals surface area contributed by atoms with Crippen molar-refractivity contribution in [1.82, 2.24) is 52.3 Å². The second-order valence-electron chi connectivity index (χ2n) is 32.6. The number of amides is 10. The van der Waals surface area contributed by atoms with Gasteiger partial charge in [-0.15, -0.1) is 0 Å². The molecular weight excluding hydrogens is 1800 g/mol. The fourth-order valence-electron chi connectivity index (χ4n) is 14.5. The normalized spacial score (nSPS) is 21.2. The van der Waals surface area contributed by atoms with Gasteiger partial charge in [-0.25, -0.2) is 0 Å². The number of nitrogens with zero attached hydrogens (tertiary/aromatic N) is 2. The van der Waals surface area contributed by atoms with Crippen molar-refractivity contribution in [1.29, 1.82) is 0 Å². The molecule has 10 amide bonds. The predicted molar refractivity (Wildman–Crippen MR) is 471 cm³/mol. The lowest BCUT2D eigenvalue weighted by Crippen LogP contribution is -2.66. The molecule has 0 bridgehead atoms. The molecule has 3 fully saturated rings. The smallest absolute Gasteiger partial charge is 0.307 e. The van der Waals surface area contributed by atoms with Crippen molar-refractivity contribution < 1.29 is 176 Å². The summed E-state index contributed by atoms with van der Waals surface area (Å²) < 4.78 is 89.9. The van der Waals surface area contributed by atoms with Crippen LogP contribution in [-0.2, 0) is 176 Å². The van der Waals surface area contributed by atoms with E-state index in [1.165, 1.54) is 25.7 Å². The number of hydrogen-bond acceptors (Lipinski definition) is 37. The molecular formula is C89H142N10O37. The van der Waals surface area contributed by atoms with Crippen molar-refractivity contribution in [2.75, 3.05) is 98.5 Å². The summed E-state index contributed by atoms with van der Waals surface area (Å²) in [4.78, 5) is 268. The van der Waals surface area contributed by atoms with Gasteiger partial charge in [0, 0.05) is 213 Å². The number of ether oxygens (including phenoxy) is 16. The molecule has 3 heterocycles. The standard InChI is InChI=1S/C89H142N10O37/c1-15-65(112)36-37-76(119)133-66(16-2)86(120)99(46-29-42-94-74(117)34-26-39-91-71(114)31-18-23-48-122-88-78(96-54(4)101)84(131-63(13)110)81(128-60(10)107)68(135-88)51-125-57(7)104)44-21-20-43-98(75(118)35-27-40-92-72(115)32-19-24-49-123-89-79(97-55(5)102)85(132-64(14)111)82(129-61(11)108)69(136-89)52-126-58(8)105)45-28-41-93-73(116)33-25-38-90-70(113)30-17-22-47-121-87-77(95-53(3)100)83(130-62(12)109)80(127-59(9)106)67(134-87)50-124-56(6)103/h66-69,77-85,87-89H,15-52H2,1-14H3,(H,90,113)(H,91,114)(H,92,115)(H,93,116)(H,94,117)(H,95,100)(H,96,101)(H,97,102). The first-order chi connectivity index (χ1) is 64.5. The number of rotatable bonds is 65. The molecule has 0 spiro atoms. The van der Waals surface area contributed by atoms with E-state index in [-0.39, 0.29) is 223 Å². The Bertz CT molecular complexity index is 3910. The molecule has 770 valence electrons. The molecule has 0 radical (unpaired) electrons. The maximum absolute atomic E-state index is 14.3. The quantitative estimate of drug-likeness (QED) is 0.0236. The van der Waals surface area contributed by atoms with E-state index < -0.39 is 201 Å². The lowest BCUT2D eigenvalue weighted by atomic mass is 9.96. The highest BCUT2D eigenvalue weighted by molar-refractivity contribution is 5.86. The van der Waals surface area contributed by atoms with E-state index in [0.717, 1.165) is 62.3 Å². The maximum atomic E-state index is 14.3. The van der Waals surface area contributed by atoms with E-state index >= 15 is 0 Å². The van der Waals surface area contributed by atoms with Crippen molar-refractivity contribution in [2.24, 2.45) is 0 Å². The maximum Gasteiger partial charge on any atom is 0.307 e. The van der Waals surface area contributed by atoms with Gasteiger partial charge in [0.15, 0.2) is 61.6 Å². The van der Waals surface area contributed by atoms with Crippen molar-refractivity contribution in [3.63, 3.8) is 0 Å². The first-order valence-electron chi connectivity index (χ1n) is 46.2. The van der Waals surface area contributed by atoms with E-state index in [4.69, 9.17) is 75.8 Å². The Balaban J connectivity index is 1.67. The molecule has 3 rings (SSSR count). The summed E-state index contributed by atoms with van der Waals surface area (Å²) in [6.45, 7) is 16.9. The third-order valence-corrected chi connectivity index (χ3v) is 20.7. The molecule has 0 aromatic carbocycles. The Kier molecular flexibility index (Phi) is 58.0. The molecule has 136 heavy (non-hydrogen) atoms. The topological polar surface area (TPSA) is 609 Å². The van der Waals surface area contributed by atoms with E-state index in [9.17, 15) is 101 Å². The Morgan fingerprint density at radius 2 is 0.581 bits per heavy atom. The van der Waals surface area contributed by atoms with Crippen molar-refractivity contribution in [3.05, 3.63) is 0 Å². The first kappa shape index (κ1) is 119. The van der Waals surface area contributed by atoms with E-state index in [2.05, 4.69) is 42.5 Å². The molecule has 0 saturated carbocycles. The molecule has 47 heteroatoms. The number of nitrogens with one attached hydrogen (secondary N) is 8. The van der Waals surface area contributed by atoms with E-state index in [1.807, 2.05) is 0 Å². The minimum absolute atomic E-state index is 0.0179. The number of esters is 10. The van der Waals surface area contributed by atoms with Crippen molar-refractivity contribution in [3.8, 4) is 0 Å². The van der Waals surface area contributed by atoms with Gasteiger partial charge in [-0.3, -0.25) is 101 Å². The van der Waals surface area contributed by atoms with Gasteiger partial charge in [0.1, 0.15) is 62.0 Å².